The summed E-state index contributed by atoms with van der Waals surface area (Å²) in [6.45, 7) is 7.71. The lowest BCUT2D eigenvalue weighted by atomic mass is 10.1. The summed E-state index contributed by atoms with van der Waals surface area (Å²) in [6.07, 6.45) is 1.45. The number of rotatable bonds is 5. The molecule has 2 rings (SSSR count). The first kappa shape index (κ1) is 16.4. The molecule has 6 heteroatoms. The molecule has 0 saturated carbocycles. The summed E-state index contributed by atoms with van der Waals surface area (Å²) < 4.78 is 5.49. The van der Waals surface area contributed by atoms with Crippen LogP contribution in [0, 0.1) is 12.8 Å². The Morgan fingerprint density at radius 3 is 3.00 bits per heavy atom. The average Bonchev–Trinajstić information content (AvgIpc) is 2.47. The molecule has 2 heterocycles. The van der Waals surface area contributed by atoms with E-state index >= 15 is 0 Å². The topological polar surface area (TPSA) is 71.5 Å². The maximum Gasteiger partial charge on any atom is 0.251 e. The zero-order valence-corrected chi connectivity index (χ0v) is 13.3. The van der Waals surface area contributed by atoms with Gasteiger partial charge in [0.2, 0.25) is 5.91 Å². The molecule has 6 nitrogen and oxygen atoms in total. The van der Waals surface area contributed by atoms with Crippen molar-refractivity contribution in [1.82, 2.24) is 15.2 Å². The van der Waals surface area contributed by atoms with Gasteiger partial charge in [0, 0.05) is 37.1 Å². The third-order valence-electron chi connectivity index (χ3n) is 3.45. The van der Waals surface area contributed by atoms with Crippen molar-refractivity contribution >= 4 is 11.8 Å². The van der Waals surface area contributed by atoms with Crippen LogP contribution in [0.5, 0.6) is 0 Å². The molecule has 1 fully saturated rings. The molecule has 1 aromatic rings. The van der Waals surface area contributed by atoms with Crippen molar-refractivity contribution in [2.45, 2.75) is 26.9 Å². The number of hydrogen-bond donors (Lipinski definition) is 1. The highest BCUT2D eigenvalue weighted by Gasteiger charge is 2.26. The fraction of sp³-hybridized carbons (Fsp3) is 0.562. The average molecular weight is 305 g/mol. The summed E-state index contributed by atoms with van der Waals surface area (Å²) in [5.41, 5.74) is 1.38. The number of aryl methyl sites for hydroxylation is 1. The third kappa shape index (κ3) is 4.53. The summed E-state index contributed by atoms with van der Waals surface area (Å²) in [7, 11) is 0. The smallest absolute Gasteiger partial charge is 0.251 e. The highest BCUT2D eigenvalue weighted by Crippen LogP contribution is 2.09. The largest absolute Gasteiger partial charge is 0.365 e. The fourth-order valence-electron chi connectivity index (χ4n) is 2.42. The van der Waals surface area contributed by atoms with Crippen LogP contribution in [0.4, 0.5) is 0 Å². The Balaban J connectivity index is 1.86. The van der Waals surface area contributed by atoms with E-state index in [0.717, 1.165) is 12.2 Å². The molecule has 0 spiro atoms. The summed E-state index contributed by atoms with van der Waals surface area (Å²) >= 11 is 0. The second kappa shape index (κ2) is 7.35. The molecule has 0 aromatic carbocycles. The Kier molecular flexibility index (Phi) is 5.49. The van der Waals surface area contributed by atoms with Gasteiger partial charge in [0.25, 0.3) is 5.91 Å². The van der Waals surface area contributed by atoms with E-state index in [-0.39, 0.29) is 24.5 Å². The number of hydrogen-bond acceptors (Lipinski definition) is 4. The van der Waals surface area contributed by atoms with Crippen LogP contribution in [0.3, 0.4) is 0 Å². The first-order valence-electron chi connectivity index (χ1n) is 7.56. The van der Waals surface area contributed by atoms with Gasteiger partial charge >= 0.3 is 0 Å². The number of pyridine rings is 1. The summed E-state index contributed by atoms with van der Waals surface area (Å²) in [4.78, 5) is 29.7. The third-order valence-corrected chi connectivity index (χ3v) is 3.45. The first-order valence-corrected chi connectivity index (χ1v) is 7.56. The van der Waals surface area contributed by atoms with Crippen LogP contribution < -0.4 is 5.32 Å². The van der Waals surface area contributed by atoms with E-state index in [1.807, 2.05) is 11.8 Å². The number of amides is 2. The monoisotopic (exact) mass is 305 g/mol. The predicted octanol–water partition coefficient (Wildman–Crippen LogP) is 1.00. The number of nitrogens with one attached hydrogen (secondary N) is 1. The zero-order chi connectivity index (χ0) is 16.1. The van der Waals surface area contributed by atoms with Gasteiger partial charge in [-0.3, -0.25) is 14.6 Å². The lowest BCUT2D eigenvalue weighted by Gasteiger charge is -2.33. The van der Waals surface area contributed by atoms with Crippen molar-refractivity contribution in [2.75, 3.05) is 26.2 Å². The van der Waals surface area contributed by atoms with Crippen LogP contribution in [0.2, 0.25) is 0 Å². The number of carbonyl (C=O) groups is 2. The van der Waals surface area contributed by atoms with Gasteiger partial charge in [-0.05, 0) is 25.0 Å². The minimum Gasteiger partial charge on any atom is -0.365 e. The molecule has 120 valence electrons. The van der Waals surface area contributed by atoms with Gasteiger partial charge in [-0.15, -0.1) is 0 Å². The summed E-state index contributed by atoms with van der Waals surface area (Å²) in [6, 6.07) is 3.42. The van der Waals surface area contributed by atoms with E-state index in [1.54, 1.807) is 18.3 Å². The van der Waals surface area contributed by atoms with Crippen molar-refractivity contribution in [3.05, 3.63) is 29.6 Å². The van der Waals surface area contributed by atoms with Gasteiger partial charge in [-0.1, -0.05) is 13.8 Å². The Morgan fingerprint density at radius 1 is 1.55 bits per heavy atom. The van der Waals surface area contributed by atoms with Crippen LogP contribution in [-0.2, 0) is 9.53 Å². The van der Waals surface area contributed by atoms with Gasteiger partial charge in [0.1, 0.15) is 6.61 Å². The van der Waals surface area contributed by atoms with Crippen molar-refractivity contribution in [1.29, 1.82) is 0 Å². The predicted molar refractivity (Wildman–Crippen MR) is 82.5 cm³/mol. The van der Waals surface area contributed by atoms with E-state index in [4.69, 9.17) is 4.74 Å². The number of ether oxygens (including phenoxy) is 1. The van der Waals surface area contributed by atoms with E-state index < -0.39 is 0 Å². The number of carbonyl (C=O) groups excluding carboxylic acids is 2. The van der Waals surface area contributed by atoms with E-state index in [1.165, 1.54) is 0 Å². The molecule has 0 aliphatic carbocycles. The molecule has 1 N–H and O–H groups in total. The van der Waals surface area contributed by atoms with Crippen LogP contribution in [0.15, 0.2) is 18.3 Å². The second-order valence-electron chi connectivity index (χ2n) is 6.02. The van der Waals surface area contributed by atoms with Gasteiger partial charge in [0.15, 0.2) is 0 Å². The van der Waals surface area contributed by atoms with Crippen molar-refractivity contribution in [3.63, 3.8) is 0 Å². The number of morpholine rings is 1. The minimum atomic E-state index is -0.164. The molecule has 1 aromatic heterocycles. The van der Waals surface area contributed by atoms with Gasteiger partial charge in [0.05, 0.1) is 6.10 Å². The Hall–Kier alpha value is -1.95. The molecular weight excluding hydrogens is 282 g/mol. The van der Waals surface area contributed by atoms with Gasteiger partial charge in [-0.25, -0.2) is 0 Å². The highest BCUT2D eigenvalue weighted by atomic mass is 16.5. The second-order valence-corrected chi connectivity index (χ2v) is 6.02. The molecule has 0 bridgehead atoms. The Bertz CT molecular complexity index is 545. The summed E-state index contributed by atoms with van der Waals surface area (Å²) in [5.74, 6) is 0.277. The molecule has 2 amide bonds. The molecule has 0 radical (unpaired) electrons. The maximum atomic E-state index is 12.1. The lowest BCUT2D eigenvalue weighted by Crippen LogP contribution is -2.51. The van der Waals surface area contributed by atoms with Crippen LogP contribution >= 0.6 is 0 Å². The zero-order valence-electron chi connectivity index (χ0n) is 13.3. The molecule has 1 aliphatic heterocycles. The van der Waals surface area contributed by atoms with Crippen LogP contribution in [0.1, 0.15) is 29.9 Å². The highest BCUT2D eigenvalue weighted by molar-refractivity contribution is 5.94. The van der Waals surface area contributed by atoms with E-state index in [2.05, 4.69) is 24.1 Å². The van der Waals surface area contributed by atoms with Gasteiger partial charge < -0.3 is 15.0 Å². The van der Waals surface area contributed by atoms with Crippen LogP contribution in [-0.4, -0.2) is 54.0 Å². The number of aromatic nitrogens is 1. The minimum absolute atomic E-state index is 0.0148. The first-order chi connectivity index (χ1) is 10.5. The SMILES string of the molecule is Cc1cc(C(=O)NCC2CN(CC(C)C)C(=O)CO2)ccn1. The fourth-order valence-corrected chi connectivity index (χ4v) is 2.42. The Morgan fingerprint density at radius 2 is 2.32 bits per heavy atom. The Labute approximate surface area is 130 Å². The molecule has 1 unspecified atom stereocenters. The van der Waals surface area contributed by atoms with Crippen molar-refractivity contribution in [3.8, 4) is 0 Å². The van der Waals surface area contributed by atoms with Crippen molar-refractivity contribution in [2.24, 2.45) is 5.92 Å². The molecule has 22 heavy (non-hydrogen) atoms. The van der Waals surface area contributed by atoms with E-state index in [9.17, 15) is 9.59 Å². The van der Waals surface area contributed by atoms with Crippen LogP contribution in [0.25, 0.3) is 0 Å². The molecular formula is C16H23N3O3. The van der Waals surface area contributed by atoms with Crippen molar-refractivity contribution < 1.29 is 14.3 Å². The molecule has 1 saturated heterocycles. The normalized spacial score (nSPS) is 18.6. The van der Waals surface area contributed by atoms with E-state index in [0.29, 0.717) is 24.6 Å². The quantitative estimate of drug-likeness (QED) is 0.881. The molecule has 1 atom stereocenters. The molecule has 1 aliphatic rings. The standard InChI is InChI=1S/C16H23N3O3/c1-11(2)8-19-9-14(22-10-15(19)20)7-18-16(21)13-4-5-17-12(3)6-13/h4-6,11,14H,7-10H2,1-3H3,(H,18,21). The summed E-state index contributed by atoms with van der Waals surface area (Å²) in [5, 5.41) is 2.85. The maximum absolute atomic E-state index is 12.1. The number of nitrogens with zero attached hydrogens (tertiary/aromatic N) is 2. The lowest BCUT2D eigenvalue weighted by molar-refractivity contribution is -0.149. The van der Waals surface area contributed by atoms with Gasteiger partial charge in [-0.2, -0.15) is 0 Å².